The van der Waals surface area contributed by atoms with Gasteiger partial charge in [-0.3, -0.25) is 4.79 Å². The predicted octanol–water partition coefficient (Wildman–Crippen LogP) is 2.48. The zero-order chi connectivity index (χ0) is 18.1. The minimum atomic E-state index is -0.387. The van der Waals surface area contributed by atoms with Crippen molar-refractivity contribution in [1.29, 1.82) is 0 Å². The molecule has 0 bridgehead atoms. The highest BCUT2D eigenvalue weighted by Crippen LogP contribution is 2.27. The van der Waals surface area contributed by atoms with Gasteiger partial charge in [0.05, 0.1) is 24.8 Å². The summed E-state index contributed by atoms with van der Waals surface area (Å²) in [5.74, 6) is 0.328. The standard InChI is InChI=1S/C18H16N6O2/c1-12-10-23(11-19-12)14-7-6-13(9-15(14)26-2)20-18(25)17-21-16-5-3-4-8-24(16)22-17/h3-11H,1-2H3,(H,20,25). The molecule has 3 heterocycles. The summed E-state index contributed by atoms with van der Waals surface area (Å²) in [5.41, 5.74) is 2.94. The Labute approximate surface area is 149 Å². The van der Waals surface area contributed by atoms with E-state index in [1.165, 1.54) is 0 Å². The van der Waals surface area contributed by atoms with Crippen molar-refractivity contribution >= 4 is 17.2 Å². The Bertz CT molecular complexity index is 1060. The third-order valence-electron chi connectivity index (χ3n) is 3.87. The minimum absolute atomic E-state index is 0.101. The number of aromatic nitrogens is 5. The number of methoxy groups -OCH3 is 1. The number of carbonyl (C=O) groups is 1. The SMILES string of the molecule is COc1cc(NC(=O)c2nc3ccccn3n2)ccc1-n1cnc(C)c1. The van der Waals surface area contributed by atoms with Crippen LogP contribution in [-0.2, 0) is 0 Å². The number of fused-ring (bicyclic) bond motifs is 1. The van der Waals surface area contributed by atoms with Gasteiger partial charge in [0.2, 0.25) is 5.82 Å². The van der Waals surface area contributed by atoms with Crippen molar-refractivity contribution in [2.75, 3.05) is 12.4 Å². The van der Waals surface area contributed by atoms with E-state index < -0.39 is 0 Å². The van der Waals surface area contributed by atoms with Crippen LogP contribution in [0.2, 0.25) is 0 Å². The number of hydrogen-bond acceptors (Lipinski definition) is 5. The molecule has 0 spiro atoms. The van der Waals surface area contributed by atoms with Gasteiger partial charge in [-0.15, -0.1) is 5.10 Å². The molecule has 8 heteroatoms. The average molecular weight is 348 g/mol. The van der Waals surface area contributed by atoms with Crippen molar-refractivity contribution in [3.8, 4) is 11.4 Å². The summed E-state index contributed by atoms with van der Waals surface area (Å²) in [6, 6.07) is 10.8. The smallest absolute Gasteiger partial charge is 0.295 e. The van der Waals surface area contributed by atoms with Crippen LogP contribution < -0.4 is 10.1 Å². The minimum Gasteiger partial charge on any atom is -0.494 e. The zero-order valence-corrected chi connectivity index (χ0v) is 14.2. The lowest BCUT2D eigenvalue weighted by Crippen LogP contribution is -2.14. The Kier molecular flexibility index (Phi) is 3.85. The maximum atomic E-state index is 12.4. The van der Waals surface area contributed by atoms with Gasteiger partial charge in [-0.2, -0.15) is 0 Å². The average Bonchev–Trinajstić information content (AvgIpc) is 3.27. The molecule has 0 aliphatic carbocycles. The number of carbonyl (C=O) groups excluding carboxylic acids is 1. The van der Waals surface area contributed by atoms with E-state index >= 15 is 0 Å². The summed E-state index contributed by atoms with van der Waals surface area (Å²) in [7, 11) is 1.58. The molecule has 0 atom stereocenters. The molecule has 0 saturated heterocycles. The topological polar surface area (TPSA) is 86.3 Å². The van der Waals surface area contributed by atoms with E-state index in [4.69, 9.17) is 4.74 Å². The second-order valence-electron chi connectivity index (χ2n) is 5.70. The Balaban J connectivity index is 1.60. The van der Waals surface area contributed by atoms with E-state index in [0.717, 1.165) is 11.4 Å². The maximum absolute atomic E-state index is 12.4. The van der Waals surface area contributed by atoms with Gasteiger partial charge < -0.3 is 14.6 Å². The lowest BCUT2D eigenvalue weighted by Gasteiger charge is -2.11. The molecule has 1 amide bonds. The molecule has 8 nitrogen and oxygen atoms in total. The zero-order valence-electron chi connectivity index (χ0n) is 14.2. The molecule has 26 heavy (non-hydrogen) atoms. The molecule has 4 rings (SSSR count). The molecule has 1 aromatic carbocycles. The highest BCUT2D eigenvalue weighted by Gasteiger charge is 2.14. The summed E-state index contributed by atoms with van der Waals surface area (Å²) in [6.07, 6.45) is 5.35. The first-order valence-electron chi connectivity index (χ1n) is 7.96. The highest BCUT2D eigenvalue weighted by atomic mass is 16.5. The van der Waals surface area contributed by atoms with Gasteiger partial charge in [-0.05, 0) is 31.2 Å². The van der Waals surface area contributed by atoms with Crippen LogP contribution in [0.3, 0.4) is 0 Å². The van der Waals surface area contributed by atoms with Crippen LogP contribution >= 0.6 is 0 Å². The Morgan fingerprint density at radius 3 is 2.85 bits per heavy atom. The molecular weight excluding hydrogens is 332 g/mol. The lowest BCUT2D eigenvalue weighted by atomic mass is 10.2. The molecule has 0 aliphatic heterocycles. The normalized spacial score (nSPS) is 10.8. The lowest BCUT2D eigenvalue weighted by molar-refractivity contribution is 0.101. The molecule has 4 aromatic rings. The summed E-state index contributed by atoms with van der Waals surface area (Å²) >= 11 is 0. The molecule has 0 saturated carbocycles. The number of anilines is 1. The van der Waals surface area contributed by atoms with E-state index in [0.29, 0.717) is 17.1 Å². The summed E-state index contributed by atoms with van der Waals surface area (Å²) in [5, 5.41) is 6.96. The fraction of sp³-hybridized carbons (Fsp3) is 0.111. The van der Waals surface area contributed by atoms with Crippen LogP contribution in [-0.4, -0.2) is 37.2 Å². The number of hydrogen-bond donors (Lipinski definition) is 1. The van der Waals surface area contributed by atoms with Crippen molar-refractivity contribution in [1.82, 2.24) is 24.1 Å². The first-order chi connectivity index (χ1) is 12.6. The second kappa shape index (κ2) is 6.32. The van der Waals surface area contributed by atoms with Gasteiger partial charge in [0.1, 0.15) is 5.75 Å². The molecule has 130 valence electrons. The quantitative estimate of drug-likeness (QED) is 0.612. The fourth-order valence-corrected chi connectivity index (χ4v) is 2.64. The number of benzene rings is 1. The number of aryl methyl sites for hydroxylation is 1. The number of pyridine rings is 1. The highest BCUT2D eigenvalue weighted by molar-refractivity contribution is 6.02. The monoisotopic (exact) mass is 348 g/mol. The van der Waals surface area contributed by atoms with Crippen LogP contribution in [0.25, 0.3) is 11.3 Å². The maximum Gasteiger partial charge on any atom is 0.295 e. The molecule has 1 N–H and O–H groups in total. The first-order valence-corrected chi connectivity index (χ1v) is 7.96. The van der Waals surface area contributed by atoms with Crippen LogP contribution in [0.5, 0.6) is 5.75 Å². The van der Waals surface area contributed by atoms with E-state index in [2.05, 4.69) is 20.4 Å². The molecule has 0 radical (unpaired) electrons. The number of imidazole rings is 1. The molecule has 0 fully saturated rings. The van der Waals surface area contributed by atoms with Gasteiger partial charge in [0, 0.05) is 24.1 Å². The van der Waals surface area contributed by atoms with E-state index in [9.17, 15) is 4.79 Å². The van der Waals surface area contributed by atoms with Crippen LogP contribution in [0.4, 0.5) is 5.69 Å². The number of amides is 1. The summed E-state index contributed by atoms with van der Waals surface area (Å²) < 4.78 is 8.87. The van der Waals surface area contributed by atoms with Crippen molar-refractivity contribution < 1.29 is 9.53 Å². The predicted molar refractivity (Wildman–Crippen MR) is 95.8 cm³/mol. The largest absolute Gasteiger partial charge is 0.494 e. The number of ether oxygens (including phenoxy) is 1. The molecular formula is C18H16N6O2. The van der Waals surface area contributed by atoms with Crippen molar-refractivity contribution in [3.63, 3.8) is 0 Å². The third-order valence-corrected chi connectivity index (χ3v) is 3.87. The van der Waals surface area contributed by atoms with Crippen LogP contribution in [0.1, 0.15) is 16.3 Å². The Morgan fingerprint density at radius 1 is 1.23 bits per heavy atom. The van der Waals surface area contributed by atoms with E-state index in [1.807, 2.05) is 35.9 Å². The summed E-state index contributed by atoms with van der Waals surface area (Å²) in [6.45, 7) is 1.92. The number of nitrogens with one attached hydrogen (secondary N) is 1. The Hall–Kier alpha value is -3.68. The first kappa shape index (κ1) is 15.8. The van der Waals surface area contributed by atoms with Crippen molar-refractivity contribution in [2.24, 2.45) is 0 Å². The molecule has 0 unspecified atom stereocenters. The third kappa shape index (κ3) is 2.88. The van der Waals surface area contributed by atoms with Crippen molar-refractivity contribution in [3.05, 3.63) is 66.6 Å². The van der Waals surface area contributed by atoms with Crippen LogP contribution in [0.15, 0.2) is 55.1 Å². The van der Waals surface area contributed by atoms with Crippen molar-refractivity contribution in [2.45, 2.75) is 6.92 Å². The van der Waals surface area contributed by atoms with E-state index in [1.54, 1.807) is 42.3 Å². The van der Waals surface area contributed by atoms with Gasteiger partial charge in [-0.25, -0.2) is 14.5 Å². The van der Waals surface area contributed by atoms with Crippen LogP contribution in [0, 0.1) is 6.92 Å². The van der Waals surface area contributed by atoms with Gasteiger partial charge >= 0.3 is 0 Å². The Morgan fingerprint density at radius 2 is 2.12 bits per heavy atom. The fourth-order valence-electron chi connectivity index (χ4n) is 2.64. The molecule has 3 aromatic heterocycles. The molecule has 0 aliphatic rings. The number of nitrogens with zero attached hydrogens (tertiary/aromatic N) is 5. The summed E-state index contributed by atoms with van der Waals surface area (Å²) in [4.78, 5) is 20.9. The van der Waals surface area contributed by atoms with Gasteiger partial charge in [-0.1, -0.05) is 6.07 Å². The number of rotatable bonds is 4. The van der Waals surface area contributed by atoms with Gasteiger partial charge in [0.15, 0.2) is 5.65 Å². The van der Waals surface area contributed by atoms with Gasteiger partial charge in [0.25, 0.3) is 5.91 Å². The van der Waals surface area contributed by atoms with E-state index in [-0.39, 0.29) is 11.7 Å². The second-order valence-corrected chi connectivity index (χ2v) is 5.70.